The van der Waals surface area contributed by atoms with Crippen LogP contribution in [0.15, 0.2) is 47.1 Å². The second-order valence-electron chi connectivity index (χ2n) is 6.93. The van der Waals surface area contributed by atoms with E-state index in [4.69, 9.17) is 25.6 Å². The summed E-state index contributed by atoms with van der Waals surface area (Å²) in [6.07, 6.45) is 3.76. The molecule has 1 fully saturated rings. The van der Waals surface area contributed by atoms with Crippen LogP contribution < -0.4 is 4.74 Å². The summed E-state index contributed by atoms with van der Waals surface area (Å²) in [5.41, 5.74) is 1.83. The van der Waals surface area contributed by atoms with Crippen molar-refractivity contribution in [1.29, 1.82) is 0 Å². The minimum absolute atomic E-state index is 0.105. The van der Waals surface area contributed by atoms with Gasteiger partial charge in [0.25, 0.3) is 0 Å². The fourth-order valence-electron chi connectivity index (χ4n) is 3.46. The second kappa shape index (κ2) is 9.35. The van der Waals surface area contributed by atoms with Gasteiger partial charge in [-0.3, -0.25) is 9.88 Å². The molecule has 2 aromatic heterocycles. The second-order valence-corrected chi connectivity index (χ2v) is 7.37. The number of benzene rings is 1. The van der Waals surface area contributed by atoms with E-state index in [0.29, 0.717) is 36.4 Å². The van der Waals surface area contributed by atoms with Gasteiger partial charge in [-0.15, -0.1) is 0 Å². The number of methoxy groups -OCH3 is 1. The average molecular weight is 415 g/mol. The molecule has 0 bridgehead atoms. The summed E-state index contributed by atoms with van der Waals surface area (Å²) in [5, 5.41) is 4.89. The smallest absolute Gasteiger partial charge is 0.244 e. The van der Waals surface area contributed by atoms with Crippen LogP contribution in [0.25, 0.3) is 11.5 Å². The lowest BCUT2D eigenvalue weighted by Crippen LogP contribution is -2.23. The topological polar surface area (TPSA) is 73.5 Å². The summed E-state index contributed by atoms with van der Waals surface area (Å²) >= 11 is 5.99. The van der Waals surface area contributed by atoms with Gasteiger partial charge in [-0.25, -0.2) is 0 Å². The lowest BCUT2D eigenvalue weighted by molar-refractivity contribution is 0.146. The number of hydrogen-bond donors (Lipinski definition) is 0. The molecular formula is C21H23ClN4O3. The largest absolute Gasteiger partial charge is 0.491 e. The van der Waals surface area contributed by atoms with Gasteiger partial charge in [0.15, 0.2) is 0 Å². The van der Waals surface area contributed by atoms with Crippen molar-refractivity contribution in [2.75, 3.05) is 26.9 Å². The summed E-state index contributed by atoms with van der Waals surface area (Å²) in [7, 11) is 1.64. The van der Waals surface area contributed by atoms with Gasteiger partial charge in [0.1, 0.15) is 18.1 Å². The SMILES string of the molecule is COCCOc1ccnc(-c2noc(C3CCCN3Cc3ccc(Cl)cc3)n2)c1. The molecule has 0 spiro atoms. The lowest BCUT2D eigenvalue weighted by atomic mass is 10.2. The van der Waals surface area contributed by atoms with E-state index in [9.17, 15) is 0 Å². The van der Waals surface area contributed by atoms with E-state index in [-0.39, 0.29) is 6.04 Å². The number of likely N-dealkylation sites (tertiary alicyclic amines) is 1. The maximum atomic E-state index is 5.99. The van der Waals surface area contributed by atoms with E-state index in [1.165, 1.54) is 5.56 Å². The van der Waals surface area contributed by atoms with Gasteiger partial charge in [-0.05, 0) is 43.1 Å². The summed E-state index contributed by atoms with van der Waals surface area (Å²) < 4.78 is 16.2. The van der Waals surface area contributed by atoms with Crippen LogP contribution in [0.3, 0.4) is 0 Å². The summed E-state index contributed by atoms with van der Waals surface area (Å²) in [4.78, 5) is 11.3. The highest BCUT2D eigenvalue weighted by Crippen LogP contribution is 2.33. The number of hydrogen-bond acceptors (Lipinski definition) is 7. The molecule has 1 unspecified atom stereocenters. The standard InChI is InChI=1S/C21H23ClN4O3/c1-27-11-12-28-17-8-9-23-18(13-17)20-24-21(29-25-20)19-3-2-10-26(19)14-15-4-6-16(22)7-5-15/h4-9,13,19H,2-3,10-12,14H2,1H3. The van der Waals surface area contributed by atoms with Gasteiger partial charge < -0.3 is 14.0 Å². The van der Waals surface area contributed by atoms with Crippen LogP contribution in [0.5, 0.6) is 5.75 Å². The third kappa shape index (κ3) is 4.93. The Balaban J connectivity index is 1.46. The van der Waals surface area contributed by atoms with Crippen LogP contribution in [0.4, 0.5) is 0 Å². The Morgan fingerprint density at radius 3 is 2.90 bits per heavy atom. The lowest BCUT2D eigenvalue weighted by Gasteiger charge is -2.21. The molecule has 1 aliphatic heterocycles. The minimum atomic E-state index is 0.105. The van der Waals surface area contributed by atoms with Crippen molar-refractivity contribution in [3.8, 4) is 17.3 Å². The Morgan fingerprint density at radius 2 is 2.07 bits per heavy atom. The molecule has 3 aromatic rings. The van der Waals surface area contributed by atoms with Crippen molar-refractivity contribution in [2.24, 2.45) is 0 Å². The molecule has 0 radical (unpaired) electrons. The highest BCUT2D eigenvalue weighted by atomic mass is 35.5. The van der Waals surface area contributed by atoms with Crippen LogP contribution in [0.1, 0.15) is 30.3 Å². The number of halogens is 1. The molecular weight excluding hydrogens is 392 g/mol. The van der Waals surface area contributed by atoms with Crippen LogP contribution in [-0.2, 0) is 11.3 Å². The third-order valence-corrected chi connectivity index (χ3v) is 5.16. The van der Waals surface area contributed by atoms with Crippen molar-refractivity contribution in [3.63, 3.8) is 0 Å². The predicted molar refractivity (Wildman–Crippen MR) is 109 cm³/mol. The average Bonchev–Trinajstić information content (AvgIpc) is 3.40. The number of rotatable bonds is 8. The molecule has 1 saturated heterocycles. The van der Waals surface area contributed by atoms with Crippen molar-refractivity contribution in [2.45, 2.75) is 25.4 Å². The zero-order valence-corrected chi connectivity index (χ0v) is 17.0. The van der Waals surface area contributed by atoms with Crippen LogP contribution in [0, 0.1) is 0 Å². The van der Waals surface area contributed by atoms with E-state index in [0.717, 1.165) is 31.0 Å². The first-order chi connectivity index (χ1) is 14.2. The molecule has 1 aliphatic rings. The number of nitrogens with zero attached hydrogens (tertiary/aromatic N) is 4. The van der Waals surface area contributed by atoms with E-state index in [1.54, 1.807) is 19.4 Å². The van der Waals surface area contributed by atoms with Gasteiger partial charge >= 0.3 is 0 Å². The molecule has 0 amide bonds. The maximum absolute atomic E-state index is 5.99. The Hall–Kier alpha value is -2.48. The molecule has 4 rings (SSSR count). The van der Waals surface area contributed by atoms with Crippen molar-refractivity contribution in [3.05, 3.63) is 59.1 Å². The van der Waals surface area contributed by atoms with Crippen LogP contribution in [-0.4, -0.2) is 46.9 Å². The first-order valence-corrected chi connectivity index (χ1v) is 10.0. The van der Waals surface area contributed by atoms with Gasteiger partial charge in [0.2, 0.25) is 11.7 Å². The third-order valence-electron chi connectivity index (χ3n) is 4.91. The normalized spacial score (nSPS) is 17.0. The molecule has 0 aliphatic carbocycles. The Kier molecular flexibility index (Phi) is 6.39. The van der Waals surface area contributed by atoms with Crippen molar-refractivity contribution < 1.29 is 14.0 Å². The van der Waals surface area contributed by atoms with E-state index in [1.807, 2.05) is 18.2 Å². The van der Waals surface area contributed by atoms with Crippen LogP contribution >= 0.6 is 11.6 Å². The highest BCUT2D eigenvalue weighted by Gasteiger charge is 2.31. The predicted octanol–water partition coefficient (Wildman–Crippen LogP) is 4.15. The Labute approximate surface area is 174 Å². The Morgan fingerprint density at radius 1 is 1.21 bits per heavy atom. The fraction of sp³-hybridized carbons (Fsp3) is 0.381. The molecule has 1 aromatic carbocycles. The summed E-state index contributed by atoms with van der Waals surface area (Å²) in [5.74, 6) is 1.79. The summed E-state index contributed by atoms with van der Waals surface area (Å²) in [6.45, 7) is 2.81. The van der Waals surface area contributed by atoms with Gasteiger partial charge in [-0.1, -0.05) is 28.9 Å². The minimum Gasteiger partial charge on any atom is -0.491 e. The van der Waals surface area contributed by atoms with Crippen molar-refractivity contribution in [1.82, 2.24) is 20.0 Å². The van der Waals surface area contributed by atoms with Gasteiger partial charge in [0, 0.05) is 30.9 Å². The molecule has 8 heteroatoms. The molecule has 1 atom stereocenters. The molecule has 0 saturated carbocycles. The quantitative estimate of drug-likeness (QED) is 0.512. The molecule has 3 heterocycles. The first-order valence-electron chi connectivity index (χ1n) is 9.63. The van der Waals surface area contributed by atoms with Gasteiger partial charge in [-0.2, -0.15) is 4.98 Å². The highest BCUT2D eigenvalue weighted by molar-refractivity contribution is 6.30. The van der Waals surface area contributed by atoms with Crippen molar-refractivity contribution >= 4 is 11.6 Å². The monoisotopic (exact) mass is 414 g/mol. The molecule has 29 heavy (non-hydrogen) atoms. The molecule has 0 N–H and O–H groups in total. The van der Waals surface area contributed by atoms with Crippen LogP contribution in [0.2, 0.25) is 5.02 Å². The fourth-order valence-corrected chi connectivity index (χ4v) is 3.59. The van der Waals surface area contributed by atoms with E-state index in [2.05, 4.69) is 32.2 Å². The molecule has 7 nitrogen and oxygen atoms in total. The first kappa shape index (κ1) is 19.8. The Bertz CT molecular complexity index is 932. The summed E-state index contributed by atoms with van der Waals surface area (Å²) in [6, 6.07) is 11.6. The zero-order chi connectivity index (χ0) is 20.1. The van der Waals surface area contributed by atoms with E-state index >= 15 is 0 Å². The number of ether oxygens (including phenoxy) is 2. The van der Waals surface area contributed by atoms with Gasteiger partial charge in [0.05, 0.1) is 12.6 Å². The number of pyridine rings is 1. The van der Waals surface area contributed by atoms with E-state index < -0.39 is 0 Å². The number of aromatic nitrogens is 3. The molecule has 152 valence electrons. The maximum Gasteiger partial charge on any atom is 0.244 e. The zero-order valence-electron chi connectivity index (χ0n) is 16.3.